The number of benzene rings is 2. The van der Waals surface area contributed by atoms with Gasteiger partial charge in [-0.15, -0.1) is 0 Å². The second-order valence-electron chi connectivity index (χ2n) is 5.72. The summed E-state index contributed by atoms with van der Waals surface area (Å²) in [6.45, 7) is 5.69. The average Bonchev–Trinajstić information content (AvgIpc) is 3.16. The molecule has 1 aromatic heterocycles. The molecule has 0 radical (unpaired) electrons. The maximum absolute atomic E-state index is 5.48. The maximum atomic E-state index is 5.48. The monoisotopic (exact) mass is 321 g/mol. The highest BCUT2D eigenvalue weighted by molar-refractivity contribution is 5.34. The number of rotatable bonds is 7. The van der Waals surface area contributed by atoms with Crippen LogP contribution < -0.4 is 10.1 Å². The molecule has 3 rings (SSSR count). The van der Waals surface area contributed by atoms with Gasteiger partial charge in [-0.25, -0.2) is 4.68 Å². The van der Waals surface area contributed by atoms with Crippen molar-refractivity contribution >= 4 is 0 Å². The van der Waals surface area contributed by atoms with E-state index in [1.807, 2.05) is 36.0 Å². The molecule has 124 valence electrons. The number of hydrogen-bond donors (Lipinski definition) is 1. The SMILES string of the molecule is CCOc1ccc(C(C)NCc2ccc(-n3cccn3)cc2)cc1. The van der Waals surface area contributed by atoms with E-state index in [1.165, 1.54) is 11.1 Å². The fourth-order valence-corrected chi connectivity index (χ4v) is 2.60. The molecule has 0 amide bonds. The van der Waals surface area contributed by atoms with Crippen LogP contribution in [0.3, 0.4) is 0 Å². The van der Waals surface area contributed by atoms with Gasteiger partial charge in [-0.1, -0.05) is 24.3 Å². The topological polar surface area (TPSA) is 39.1 Å². The van der Waals surface area contributed by atoms with Gasteiger partial charge in [0.25, 0.3) is 0 Å². The van der Waals surface area contributed by atoms with Gasteiger partial charge in [-0.05, 0) is 55.3 Å². The Labute approximate surface area is 143 Å². The van der Waals surface area contributed by atoms with Crippen molar-refractivity contribution in [3.63, 3.8) is 0 Å². The molecule has 2 aromatic carbocycles. The lowest BCUT2D eigenvalue weighted by atomic mass is 10.1. The molecule has 4 heteroatoms. The van der Waals surface area contributed by atoms with Gasteiger partial charge >= 0.3 is 0 Å². The summed E-state index contributed by atoms with van der Waals surface area (Å²) in [7, 11) is 0. The Morgan fingerprint density at radius 2 is 1.83 bits per heavy atom. The van der Waals surface area contributed by atoms with E-state index in [0.717, 1.165) is 18.0 Å². The lowest BCUT2D eigenvalue weighted by Gasteiger charge is -2.15. The van der Waals surface area contributed by atoms with Crippen LogP contribution in [0.1, 0.15) is 31.0 Å². The van der Waals surface area contributed by atoms with E-state index in [2.05, 4.69) is 53.7 Å². The number of ether oxygens (including phenoxy) is 1. The summed E-state index contributed by atoms with van der Waals surface area (Å²) in [5.41, 5.74) is 3.58. The quantitative estimate of drug-likeness (QED) is 0.711. The molecule has 0 spiro atoms. The zero-order chi connectivity index (χ0) is 16.8. The van der Waals surface area contributed by atoms with Gasteiger partial charge in [-0.2, -0.15) is 5.10 Å². The molecule has 3 aromatic rings. The first-order chi connectivity index (χ1) is 11.8. The van der Waals surface area contributed by atoms with Crippen LogP contribution >= 0.6 is 0 Å². The van der Waals surface area contributed by atoms with Crippen molar-refractivity contribution in [1.29, 1.82) is 0 Å². The lowest BCUT2D eigenvalue weighted by molar-refractivity contribution is 0.340. The zero-order valence-corrected chi connectivity index (χ0v) is 14.1. The zero-order valence-electron chi connectivity index (χ0n) is 14.1. The Balaban J connectivity index is 1.56. The summed E-state index contributed by atoms with van der Waals surface area (Å²) >= 11 is 0. The highest BCUT2D eigenvalue weighted by Gasteiger charge is 2.05. The van der Waals surface area contributed by atoms with Crippen LogP contribution in [0, 0.1) is 0 Å². The minimum Gasteiger partial charge on any atom is -0.494 e. The fourth-order valence-electron chi connectivity index (χ4n) is 2.60. The van der Waals surface area contributed by atoms with Crippen LogP contribution in [0.4, 0.5) is 0 Å². The molecule has 24 heavy (non-hydrogen) atoms. The summed E-state index contributed by atoms with van der Waals surface area (Å²) in [6, 6.07) is 18.9. The highest BCUT2D eigenvalue weighted by atomic mass is 16.5. The van der Waals surface area contributed by atoms with Crippen molar-refractivity contribution in [2.45, 2.75) is 26.4 Å². The second kappa shape index (κ2) is 7.79. The van der Waals surface area contributed by atoms with Gasteiger partial charge in [0.1, 0.15) is 5.75 Å². The predicted molar refractivity (Wildman–Crippen MR) is 96.4 cm³/mol. The van der Waals surface area contributed by atoms with Crippen LogP contribution in [-0.2, 0) is 6.54 Å². The highest BCUT2D eigenvalue weighted by Crippen LogP contribution is 2.18. The van der Waals surface area contributed by atoms with E-state index in [9.17, 15) is 0 Å². The number of hydrogen-bond acceptors (Lipinski definition) is 3. The third kappa shape index (κ3) is 4.03. The Hall–Kier alpha value is -2.59. The molecule has 1 heterocycles. The van der Waals surface area contributed by atoms with Gasteiger partial charge in [0.2, 0.25) is 0 Å². The molecule has 0 aliphatic carbocycles. The van der Waals surface area contributed by atoms with E-state index >= 15 is 0 Å². The molecule has 0 saturated heterocycles. The molecule has 0 aliphatic heterocycles. The molecule has 0 fully saturated rings. The van der Waals surface area contributed by atoms with Gasteiger partial charge in [0.05, 0.1) is 12.3 Å². The number of aromatic nitrogens is 2. The molecule has 0 bridgehead atoms. The normalized spacial score (nSPS) is 12.1. The molecular weight excluding hydrogens is 298 g/mol. The molecular formula is C20H23N3O. The number of nitrogens with one attached hydrogen (secondary N) is 1. The summed E-state index contributed by atoms with van der Waals surface area (Å²) in [4.78, 5) is 0. The van der Waals surface area contributed by atoms with E-state index < -0.39 is 0 Å². The minimum absolute atomic E-state index is 0.284. The summed E-state index contributed by atoms with van der Waals surface area (Å²) in [5, 5.41) is 7.80. The summed E-state index contributed by atoms with van der Waals surface area (Å²) < 4.78 is 7.35. The average molecular weight is 321 g/mol. The minimum atomic E-state index is 0.284. The molecule has 1 atom stereocenters. The van der Waals surface area contributed by atoms with E-state index in [0.29, 0.717) is 6.61 Å². The first-order valence-electron chi connectivity index (χ1n) is 8.31. The Morgan fingerprint density at radius 3 is 2.46 bits per heavy atom. The molecule has 1 N–H and O–H groups in total. The van der Waals surface area contributed by atoms with Gasteiger partial charge in [-0.3, -0.25) is 0 Å². The summed E-state index contributed by atoms with van der Waals surface area (Å²) in [5.74, 6) is 0.919. The van der Waals surface area contributed by atoms with Crippen molar-refractivity contribution in [3.05, 3.63) is 78.1 Å². The van der Waals surface area contributed by atoms with Gasteiger partial charge in [0, 0.05) is 25.0 Å². The van der Waals surface area contributed by atoms with Crippen LogP contribution in [-0.4, -0.2) is 16.4 Å². The fraction of sp³-hybridized carbons (Fsp3) is 0.250. The van der Waals surface area contributed by atoms with E-state index in [4.69, 9.17) is 4.74 Å². The van der Waals surface area contributed by atoms with Crippen molar-refractivity contribution < 1.29 is 4.74 Å². The molecule has 4 nitrogen and oxygen atoms in total. The van der Waals surface area contributed by atoms with Crippen LogP contribution in [0.2, 0.25) is 0 Å². The molecule has 0 saturated carbocycles. The Bertz CT molecular complexity index is 734. The third-order valence-electron chi connectivity index (χ3n) is 4.01. The third-order valence-corrected chi connectivity index (χ3v) is 4.01. The van der Waals surface area contributed by atoms with Gasteiger partial charge < -0.3 is 10.1 Å². The predicted octanol–water partition coefficient (Wildman–Crippen LogP) is 4.12. The smallest absolute Gasteiger partial charge is 0.119 e. The largest absolute Gasteiger partial charge is 0.494 e. The van der Waals surface area contributed by atoms with Crippen molar-refractivity contribution in [2.24, 2.45) is 0 Å². The van der Waals surface area contributed by atoms with Crippen molar-refractivity contribution in [3.8, 4) is 11.4 Å². The number of nitrogens with zero attached hydrogens (tertiary/aromatic N) is 2. The molecule has 0 aliphatic rings. The van der Waals surface area contributed by atoms with E-state index in [-0.39, 0.29) is 6.04 Å². The maximum Gasteiger partial charge on any atom is 0.119 e. The van der Waals surface area contributed by atoms with Crippen LogP contribution in [0.15, 0.2) is 67.0 Å². The molecule has 1 unspecified atom stereocenters. The standard InChI is InChI=1S/C20H23N3O/c1-3-24-20-11-7-18(8-12-20)16(2)21-15-17-5-9-19(10-6-17)23-14-4-13-22-23/h4-14,16,21H,3,15H2,1-2H3. The van der Waals surface area contributed by atoms with Crippen LogP contribution in [0.5, 0.6) is 5.75 Å². The lowest BCUT2D eigenvalue weighted by Crippen LogP contribution is -2.18. The van der Waals surface area contributed by atoms with Crippen molar-refractivity contribution in [1.82, 2.24) is 15.1 Å². The van der Waals surface area contributed by atoms with Crippen molar-refractivity contribution in [2.75, 3.05) is 6.61 Å². The second-order valence-corrected chi connectivity index (χ2v) is 5.72. The summed E-state index contributed by atoms with van der Waals surface area (Å²) in [6.07, 6.45) is 3.73. The Morgan fingerprint density at radius 1 is 1.08 bits per heavy atom. The van der Waals surface area contributed by atoms with Crippen LogP contribution in [0.25, 0.3) is 5.69 Å². The Kier molecular flexibility index (Phi) is 5.29. The van der Waals surface area contributed by atoms with E-state index in [1.54, 1.807) is 6.20 Å². The first kappa shape index (κ1) is 16.3. The first-order valence-corrected chi connectivity index (χ1v) is 8.31. The van der Waals surface area contributed by atoms with Gasteiger partial charge in [0.15, 0.2) is 0 Å².